The van der Waals surface area contributed by atoms with Crippen LogP contribution in [0, 0.1) is 5.92 Å². The molecule has 5 heteroatoms. The van der Waals surface area contributed by atoms with Crippen molar-refractivity contribution in [2.24, 2.45) is 5.92 Å². The molecule has 0 aliphatic carbocycles. The zero-order valence-corrected chi connectivity index (χ0v) is 10.6. The molecule has 0 radical (unpaired) electrons. The number of carbonyl (C=O) groups is 2. The van der Waals surface area contributed by atoms with Crippen molar-refractivity contribution in [1.82, 2.24) is 0 Å². The van der Waals surface area contributed by atoms with Gasteiger partial charge in [0.1, 0.15) is 11.5 Å². The van der Waals surface area contributed by atoms with Crippen LogP contribution in [0.4, 0.5) is 0 Å². The molecule has 1 rings (SSSR count). The fourth-order valence-electron chi connectivity index (χ4n) is 1.50. The largest absolute Gasteiger partial charge is 0.497 e. The van der Waals surface area contributed by atoms with Crippen LogP contribution in [0.5, 0.6) is 11.5 Å². The van der Waals surface area contributed by atoms with E-state index in [0.29, 0.717) is 17.1 Å². The van der Waals surface area contributed by atoms with Gasteiger partial charge >= 0.3 is 5.97 Å². The van der Waals surface area contributed by atoms with Crippen LogP contribution in [0.2, 0.25) is 0 Å². The number of benzene rings is 1. The van der Waals surface area contributed by atoms with Gasteiger partial charge in [-0.3, -0.25) is 9.59 Å². The summed E-state index contributed by atoms with van der Waals surface area (Å²) in [5, 5.41) is 8.78. The Labute approximate surface area is 105 Å². The number of carbonyl (C=O) groups excluding carboxylic acids is 1. The number of hydrogen-bond donors (Lipinski definition) is 1. The Hall–Kier alpha value is -2.04. The summed E-state index contributed by atoms with van der Waals surface area (Å²) in [5.41, 5.74) is 0.367. The summed E-state index contributed by atoms with van der Waals surface area (Å²) in [6, 6.07) is 4.81. The minimum Gasteiger partial charge on any atom is -0.497 e. The molecule has 0 saturated carbocycles. The molecule has 98 valence electrons. The molecule has 5 nitrogen and oxygen atoms in total. The molecule has 0 heterocycles. The van der Waals surface area contributed by atoms with Gasteiger partial charge in [-0.1, -0.05) is 6.92 Å². The van der Waals surface area contributed by atoms with Crippen LogP contribution < -0.4 is 9.47 Å². The lowest BCUT2D eigenvalue weighted by molar-refractivity contribution is -0.141. The third-order valence-corrected chi connectivity index (χ3v) is 2.62. The second-order valence-electron chi connectivity index (χ2n) is 3.93. The number of aliphatic carboxylic acids is 1. The zero-order chi connectivity index (χ0) is 13.7. The molecule has 0 amide bonds. The van der Waals surface area contributed by atoms with Crippen LogP contribution in [0.15, 0.2) is 18.2 Å². The highest BCUT2D eigenvalue weighted by Gasteiger charge is 2.20. The third kappa shape index (κ3) is 3.23. The Morgan fingerprint density at radius 1 is 1.28 bits per heavy atom. The molecule has 1 N–H and O–H groups in total. The average molecular weight is 252 g/mol. The van der Waals surface area contributed by atoms with Gasteiger partial charge in [0.15, 0.2) is 5.78 Å². The van der Waals surface area contributed by atoms with Crippen molar-refractivity contribution in [3.05, 3.63) is 23.8 Å². The predicted molar refractivity (Wildman–Crippen MR) is 65.3 cm³/mol. The van der Waals surface area contributed by atoms with Gasteiger partial charge in [-0.05, 0) is 12.1 Å². The molecule has 0 fully saturated rings. The highest BCUT2D eigenvalue weighted by molar-refractivity contribution is 6.00. The lowest BCUT2D eigenvalue weighted by Gasteiger charge is -2.10. The molecule has 0 spiro atoms. The maximum atomic E-state index is 12.0. The number of rotatable bonds is 6. The van der Waals surface area contributed by atoms with E-state index in [2.05, 4.69) is 0 Å². The average Bonchev–Trinajstić information content (AvgIpc) is 2.37. The Balaban J connectivity index is 2.95. The van der Waals surface area contributed by atoms with Crippen molar-refractivity contribution in [3.63, 3.8) is 0 Å². The first-order chi connectivity index (χ1) is 8.49. The summed E-state index contributed by atoms with van der Waals surface area (Å²) >= 11 is 0. The van der Waals surface area contributed by atoms with E-state index in [4.69, 9.17) is 14.6 Å². The van der Waals surface area contributed by atoms with E-state index in [0.717, 1.165) is 0 Å². The van der Waals surface area contributed by atoms with Crippen molar-refractivity contribution < 1.29 is 24.2 Å². The summed E-state index contributed by atoms with van der Waals surface area (Å²) in [7, 11) is 2.97. The molecular formula is C13H16O5. The number of hydrogen-bond acceptors (Lipinski definition) is 4. The van der Waals surface area contributed by atoms with E-state index in [9.17, 15) is 9.59 Å². The Morgan fingerprint density at radius 2 is 1.94 bits per heavy atom. The van der Waals surface area contributed by atoms with Crippen molar-refractivity contribution in [1.29, 1.82) is 0 Å². The molecule has 1 unspecified atom stereocenters. The highest BCUT2D eigenvalue weighted by atomic mass is 16.5. The lowest BCUT2D eigenvalue weighted by Crippen LogP contribution is -2.15. The van der Waals surface area contributed by atoms with E-state index in [1.165, 1.54) is 21.1 Å². The minimum absolute atomic E-state index is 0.0575. The quantitative estimate of drug-likeness (QED) is 0.784. The molecule has 1 aromatic carbocycles. The van der Waals surface area contributed by atoms with Crippen molar-refractivity contribution in [2.45, 2.75) is 13.3 Å². The van der Waals surface area contributed by atoms with Gasteiger partial charge in [-0.2, -0.15) is 0 Å². The maximum absolute atomic E-state index is 12.0. The van der Waals surface area contributed by atoms with E-state index < -0.39 is 11.9 Å². The van der Waals surface area contributed by atoms with Gasteiger partial charge in [0.25, 0.3) is 0 Å². The van der Waals surface area contributed by atoms with Gasteiger partial charge in [0, 0.05) is 12.5 Å². The molecule has 18 heavy (non-hydrogen) atoms. The van der Waals surface area contributed by atoms with E-state index >= 15 is 0 Å². The molecule has 0 aromatic heterocycles. The van der Waals surface area contributed by atoms with Crippen LogP contribution in [0.3, 0.4) is 0 Å². The summed E-state index contributed by atoms with van der Waals surface area (Å²) < 4.78 is 10.1. The molecule has 1 atom stereocenters. The Kier molecular flexibility index (Phi) is 4.71. The molecule has 1 aromatic rings. The topological polar surface area (TPSA) is 72.8 Å². The third-order valence-electron chi connectivity index (χ3n) is 2.62. The van der Waals surface area contributed by atoms with Crippen LogP contribution in [-0.4, -0.2) is 31.1 Å². The number of Topliss-reactive ketones (excluding diaryl/α,β-unsaturated/α-hetero) is 1. The molecule has 0 bridgehead atoms. The zero-order valence-electron chi connectivity index (χ0n) is 10.6. The van der Waals surface area contributed by atoms with Crippen molar-refractivity contribution in [3.8, 4) is 11.5 Å². The fourth-order valence-corrected chi connectivity index (χ4v) is 1.50. The number of methoxy groups -OCH3 is 2. The van der Waals surface area contributed by atoms with E-state index in [1.54, 1.807) is 18.2 Å². The first-order valence-corrected chi connectivity index (χ1v) is 5.47. The maximum Gasteiger partial charge on any atom is 0.306 e. The second kappa shape index (κ2) is 6.05. The highest BCUT2D eigenvalue weighted by Crippen LogP contribution is 2.26. The fraction of sp³-hybridized carbons (Fsp3) is 0.385. The number of ether oxygens (including phenoxy) is 2. The first kappa shape index (κ1) is 14.0. The molecule has 0 aliphatic heterocycles. The summed E-state index contributed by atoms with van der Waals surface area (Å²) in [6.45, 7) is 1.50. The van der Waals surface area contributed by atoms with Gasteiger partial charge < -0.3 is 14.6 Å². The SMILES string of the molecule is COc1ccc(C(=O)CC(C)C(=O)O)c(OC)c1. The molecule has 0 aliphatic rings. The van der Waals surface area contributed by atoms with Gasteiger partial charge in [-0.25, -0.2) is 0 Å². The van der Waals surface area contributed by atoms with Crippen LogP contribution in [0.1, 0.15) is 23.7 Å². The summed E-state index contributed by atoms with van der Waals surface area (Å²) in [6.07, 6.45) is -0.0575. The van der Waals surface area contributed by atoms with Crippen LogP contribution in [-0.2, 0) is 4.79 Å². The minimum atomic E-state index is -0.990. The van der Waals surface area contributed by atoms with Gasteiger partial charge in [0.05, 0.1) is 25.7 Å². The first-order valence-electron chi connectivity index (χ1n) is 5.47. The number of carboxylic acid groups (broad SMARTS) is 1. The summed E-state index contributed by atoms with van der Waals surface area (Å²) in [5.74, 6) is -1.00. The number of carboxylic acids is 1. The molecular weight excluding hydrogens is 236 g/mol. The Morgan fingerprint density at radius 3 is 2.44 bits per heavy atom. The van der Waals surface area contributed by atoms with Gasteiger partial charge in [-0.15, -0.1) is 0 Å². The smallest absolute Gasteiger partial charge is 0.306 e. The number of ketones is 1. The predicted octanol–water partition coefficient (Wildman–Crippen LogP) is 2.00. The summed E-state index contributed by atoms with van der Waals surface area (Å²) in [4.78, 5) is 22.7. The lowest BCUT2D eigenvalue weighted by atomic mass is 9.99. The van der Waals surface area contributed by atoms with Gasteiger partial charge in [0.2, 0.25) is 0 Å². The van der Waals surface area contributed by atoms with E-state index in [1.807, 2.05) is 0 Å². The normalized spacial score (nSPS) is 11.7. The second-order valence-corrected chi connectivity index (χ2v) is 3.93. The Bertz CT molecular complexity index is 453. The van der Waals surface area contributed by atoms with Crippen molar-refractivity contribution in [2.75, 3.05) is 14.2 Å². The molecule has 0 saturated heterocycles. The van der Waals surface area contributed by atoms with Crippen LogP contribution >= 0.6 is 0 Å². The van der Waals surface area contributed by atoms with Crippen LogP contribution in [0.25, 0.3) is 0 Å². The van der Waals surface area contributed by atoms with E-state index in [-0.39, 0.29) is 12.2 Å². The monoisotopic (exact) mass is 252 g/mol. The van der Waals surface area contributed by atoms with Crippen molar-refractivity contribution >= 4 is 11.8 Å². The standard InChI is InChI=1S/C13H16O5/c1-8(13(15)16)6-11(14)10-5-4-9(17-2)7-12(10)18-3/h4-5,7-8H,6H2,1-3H3,(H,15,16).